The number of hydrogen-bond donors (Lipinski definition) is 0. The highest BCUT2D eigenvalue weighted by Crippen LogP contribution is 2.39. The lowest BCUT2D eigenvalue weighted by Gasteiger charge is -2.37. The molecule has 3 unspecified atom stereocenters. The van der Waals surface area contributed by atoms with Gasteiger partial charge in [-0.2, -0.15) is 0 Å². The molecule has 0 spiro atoms. The molecule has 0 heteroatoms. The van der Waals surface area contributed by atoms with E-state index in [2.05, 4.69) is 51.1 Å². The van der Waals surface area contributed by atoms with Gasteiger partial charge < -0.3 is 0 Å². The van der Waals surface area contributed by atoms with Crippen molar-refractivity contribution in [3.05, 3.63) is 35.9 Å². The molecule has 1 fully saturated rings. The maximum Gasteiger partial charge on any atom is -0.0248 e. The molecule has 1 saturated carbocycles. The number of benzene rings is 1. The van der Waals surface area contributed by atoms with E-state index in [4.69, 9.17) is 0 Å². The van der Waals surface area contributed by atoms with Gasteiger partial charge in [-0.1, -0.05) is 57.5 Å². The van der Waals surface area contributed by atoms with Crippen molar-refractivity contribution in [1.82, 2.24) is 0 Å². The number of rotatable bonds is 3. The zero-order valence-corrected chi connectivity index (χ0v) is 11.5. The van der Waals surface area contributed by atoms with E-state index >= 15 is 0 Å². The molecule has 0 nitrogen and oxygen atoms in total. The van der Waals surface area contributed by atoms with E-state index in [1.807, 2.05) is 0 Å². The topological polar surface area (TPSA) is 0 Å². The second-order valence-electron chi connectivity index (χ2n) is 6.28. The zero-order valence-electron chi connectivity index (χ0n) is 11.5. The van der Waals surface area contributed by atoms with Crippen molar-refractivity contribution in [2.24, 2.45) is 23.7 Å². The van der Waals surface area contributed by atoms with Crippen molar-refractivity contribution in [2.45, 2.75) is 46.5 Å². The molecule has 1 aliphatic rings. The van der Waals surface area contributed by atoms with Crippen molar-refractivity contribution in [3.8, 4) is 0 Å². The predicted molar refractivity (Wildman–Crippen MR) is 75.0 cm³/mol. The van der Waals surface area contributed by atoms with Crippen LogP contribution in [-0.2, 0) is 6.42 Å². The van der Waals surface area contributed by atoms with E-state index in [0.717, 1.165) is 23.7 Å². The Morgan fingerprint density at radius 2 is 1.82 bits per heavy atom. The number of hydrogen-bond acceptors (Lipinski definition) is 0. The lowest BCUT2D eigenvalue weighted by molar-refractivity contribution is 0.144. The summed E-state index contributed by atoms with van der Waals surface area (Å²) in [5, 5.41) is 0. The third kappa shape index (κ3) is 3.34. The van der Waals surface area contributed by atoms with Gasteiger partial charge in [-0.3, -0.25) is 0 Å². The summed E-state index contributed by atoms with van der Waals surface area (Å²) in [5.74, 6) is 3.61. The molecular formula is C17H26. The minimum absolute atomic E-state index is 0.844. The highest BCUT2D eigenvalue weighted by Gasteiger charge is 2.30. The van der Waals surface area contributed by atoms with Crippen LogP contribution in [0.5, 0.6) is 0 Å². The quantitative estimate of drug-likeness (QED) is 0.690. The van der Waals surface area contributed by atoms with Gasteiger partial charge >= 0.3 is 0 Å². The van der Waals surface area contributed by atoms with Crippen molar-refractivity contribution in [2.75, 3.05) is 0 Å². The molecule has 0 saturated heterocycles. The molecule has 3 atom stereocenters. The van der Waals surface area contributed by atoms with E-state index < -0.39 is 0 Å². The van der Waals surface area contributed by atoms with Crippen LogP contribution >= 0.6 is 0 Å². The SMILES string of the molecule is CC1CCC(C(C)C)C(Cc2ccccc2)C1. The summed E-state index contributed by atoms with van der Waals surface area (Å²) < 4.78 is 0. The Hall–Kier alpha value is -0.780. The average Bonchev–Trinajstić information content (AvgIpc) is 2.30. The molecule has 2 rings (SSSR count). The highest BCUT2D eigenvalue weighted by molar-refractivity contribution is 5.15. The molecule has 0 heterocycles. The van der Waals surface area contributed by atoms with Gasteiger partial charge in [0.15, 0.2) is 0 Å². The Morgan fingerprint density at radius 3 is 2.47 bits per heavy atom. The smallest absolute Gasteiger partial charge is 0.0248 e. The minimum atomic E-state index is 0.844. The molecule has 0 aromatic heterocycles. The normalized spacial score (nSPS) is 29.5. The molecule has 0 aliphatic heterocycles. The third-order valence-electron chi connectivity index (χ3n) is 4.50. The highest BCUT2D eigenvalue weighted by atomic mass is 14.4. The van der Waals surface area contributed by atoms with Gasteiger partial charge in [0.05, 0.1) is 0 Å². The van der Waals surface area contributed by atoms with Gasteiger partial charge in [0.1, 0.15) is 0 Å². The van der Waals surface area contributed by atoms with E-state index in [1.54, 1.807) is 0 Å². The molecule has 0 amide bonds. The summed E-state index contributed by atoms with van der Waals surface area (Å²) in [6.45, 7) is 7.23. The monoisotopic (exact) mass is 230 g/mol. The minimum Gasteiger partial charge on any atom is -0.0625 e. The first-order valence-corrected chi connectivity index (χ1v) is 7.20. The molecule has 1 aromatic rings. The maximum absolute atomic E-state index is 2.43. The lowest BCUT2D eigenvalue weighted by atomic mass is 9.68. The Morgan fingerprint density at radius 1 is 1.12 bits per heavy atom. The van der Waals surface area contributed by atoms with Crippen LogP contribution in [0.4, 0.5) is 0 Å². The van der Waals surface area contributed by atoms with Crippen LogP contribution in [-0.4, -0.2) is 0 Å². The summed E-state index contributed by atoms with van der Waals surface area (Å²) in [6.07, 6.45) is 5.59. The van der Waals surface area contributed by atoms with Gasteiger partial charge in [-0.25, -0.2) is 0 Å². The molecule has 1 aromatic carbocycles. The zero-order chi connectivity index (χ0) is 12.3. The Kier molecular flexibility index (Phi) is 4.25. The van der Waals surface area contributed by atoms with Gasteiger partial charge in [0, 0.05) is 0 Å². The summed E-state index contributed by atoms with van der Waals surface area (Å²) in [7, 11) is 0. The fourth-order valence-corrected chi connectivity index (χ4v) is 3.55. The van der Waals surface area contributed by atoms with Crippen LogP contribution < -0.4 is 0 Å². The summed E-state index contributed by atoms with van der Waals surface area (Å²) in [6, 6.07) is 11.0. The molecular weight excluding hydrogens is 204 g/mol. The van der Waals surface area contributed by atoms with Crippen molar-refractivity contribution in [1.29, 1.82) is 0 Å². The van der Waals surface area contributed by atoms with Gasteiger partial charge in [-0.05, 0) is 48.5 Å². The Balaban J connectivity index is 2.05. The second-order valence-corrected chi connectivity index (χ2v) is 6.28. The largest absolute Gasteiger partial charge is 0.0625 e. The first-order chi connectivity index (χ1) is 8.16. The van der Waals surface area contributed by atoms with Crippen LogP contribution in [0.25, 0.3) is 0 Å². The van der Waals surface area contributed by atoms with Crippen LogP contribution in [0, 0.1) is 23.7 Å². The second kappa shape index (κ2) is 5.71. The van der Waals surface area contributed by atoms with Crippen LogP contribution in [0.1, 0.15) is 45.6 Å². The fourth-order valence-electron chi connectivity index (χ4n) is 3.55. The molecule has 1 aliphatic carbocycles. The van der Waals surface area contributed by atoms with E-state index in [-0.39, 0.29) is 0 Å². The van der Waals surface area contributed by atoms with Crippen molar-refractivity contribution < 1.29 is 0 Å². The summed E-state index contributed by atoms with van der Waals surface area (Å²) in [4.78, 5) is 0. The predicted octanol–water partition coefficient (Wildman–Crippen LogP) is 4.94. The van der Waals surface area contributed by atoms with E-state index in [1.165, 1.54) is 31.2 Å². The standard InChI is InChI=1S/C17H26/c1-13(2)17-10-9-14(3)11-16(17)12-15-7-5-4-6-8-15/h4-8,13-14,16-17H,9-12H2,1-3H3. The summed E-state index contributed by atoms with van der Waals surface area (Å²) >= 11 is 0. The first-order valence-electron chi connectivity index (χ1n) is 7.20. The van der Waals surface area contributed by atoms with Crippen LogP contribution in [0.15, 0.2) is 30.3 Å². The molecule has 0 N–H and O–H groups in total. The van der Waals surface area contributed by atoms with Gasteiger partial charge in [-0.15, -0.1) is 0 Å². The third-order valence-corrected chi connectivity index (χ3v) is 4.50. The lowest BCUT2D eigenvalue weighted by Crippen LogP contribution is -2.29. The first kappa shape index (κ1) is 12.7. The molecule has 0 radical (unpaired) electrons. The van der Waals surface area contributed by atoms with Crippen molar-refractivity contribution >= 4 is 0 Å². The van der Waals surface area contributed by atoms with Crippen LogP contribution in [0.3, 0.4) is 0 Å². The van der Waals surface area contributed by atoms with E-state index in [0.29, 0.717) is 0 Å². The molecule has 0 bridgehead atoms. The summed E-state index contributed by atoms with van der Waals surface area (Å²) in [5.41, 5.74) is 1.53. The molecule has 17 heavy (non-hydrogen) atoms. The van der Waals surface area contributed by atoms with Crippen molar-refractivity contribution in [3.63, 3.8) is 0 Å². The Bertz CT molecular complexity index is 325. The molecule has 94 valence electrons. The maximum atomic E-state index is 2.43. The van der Waals surface area contributed by atoms with Crippen LogP contribution in [0.2, 0.25) is 0 Å². The van der Waals surface area contributed by atoms with E-state index in [9.17, 15) is 0 Å². The van der Waals surface area contributed by atoms with Gasteiger partial charge in [0.25, 0.3) is 0 Å². The fraction of sp³-hybridized carbons (Fsp3) is 0.647. The van der Waals surface area contributed by atoms with Gasteiger partial charge in [0.2, 0.25) is 0 Å². The average molecular weight is 230 g/mol. The Labute approximate surface area is 106 Å².